The third kappa shape index (κ3) is 2.16. The molecular formula is C12H15N3O. The Morgan fingerprint density at radius 3 is 2.69 bits per heavy atom. The van der Waals surface area contributed by atoms with Gasteiger partial charge in [0.05, 0.1) is 0 Å². The Hall–Kier alpha value is -1.97. The minimum Gasteiger partial charge on any atom is -0.471 e. The highest BCUT2D eigenvalue weighted by Gasteiger charge is 2.02. The summed E-state index contributed by atoms with van der Waals surface area (Å²) in [6.45, 7) is 4.35. The molecule has 0 aliphatic rings. The molecule has 2 aromatic rings. The molecule has 0 aliphatic heterocycles. The third-order valence-electron chi connectivity index (χ3n) is 2.44. The van der Waals surface area contributed by atoms with Crippen LogP contribution in [0.15, 0.2) is 30.3 Å². The highest BCUT2D eigenvalue weighted by molar-refractivity contribution is 5.32. The number of aryl methyl sites for hydroxylation is 2. The minimum absolute atomic E-state index is 0.383. The Morgan fingerprint density at radius 2 is 2.06 bits per heavy atom. The van der Waals surface area contributed by atoms with Crippen molar-refractivity contribution >= 4 is 5.82 Å². The summed E-state index contributed by atoms with van der Waals surface area (Å²) in [6, 6.07) is 9.71. The lowest BCUT2D eigenvalue weighted by Gasteiger charge is -2.09. The van der Waals surface area contributed by atoms with E-state index in [4.69, 9.17) is 10.5 Å². The summed E-state index contributed by atoms with van der Waals surface area (Å²) in [5, 5.41) is 4.12. The Kier molecular flexibility index (Phi) is 2.81. The lowest BCUT2D eigenvalue weighted by atomic mass is 10.2. The van der Waals surface area contributed by atoms with Crippen LogP contribution >= 0.6 is 0 Å². The van der Waals surface area contributed by atoms with E-state index < -0.39 is 0 Å². The molecule has 0 fully saturated rings. The highest BCUT2D eigenvalue weighted by atomic mass is 16.5. The number of ether oxygens (including phenoxy) is 1. The smallest absolute Gasteiger partial charge is 0.181 e. The van der Waals surface area contributed by atoms with Crippen LogP contribution in [-0.2, 0) is 6.73 Å². The number of nitrogens with zero attached hydrogens (tertiary/aromatic N) is 2. The average Bonchev–Trinajstić information content (AvgIpc) is 2.56. The molecule has 84 valence electrons. The first-order valence-corrected chi connectivity index (χ1v) is 5.15. The van der Waals surface area contributed by atoms with Crippen molar-refractivity contribution in [1.82, 2.24) is 9.78 Å². The quantitative estimate of drug-likeness (QED) is 0.856. The van der Waals surface area contributed by atoms with Crippen LogP contribution in [0.25, 0.3) is 0 Å². The van der Waals surface area contributed by atoms with Gasteiger partial charge in [0.1, 0.15) is 11.6 Å². The number of nitrogen functional groups attached to an aromatic ring is 1. The molecule has 0 amide bonds. The summed E-state index contributed by atoms with van der Waals surface area (Å²) in [7, 11) is 0. The Labute approximate surface area is 94.6 Å². The first kappa shape index (κ1) is 10.5. The van der Waals surface area contributed by atoms with Crippen molar-refractivity contribution in [3.05, 3.63) is 41.6 Å². The summed E-state index contributed by atoms with van der Waals surface area (Å²) in [4.78, 5) is 0. The van der Waals surface area contributed by atoms with Gasteiger partial charge in [0.2, 0.25) is 0 Å². The summed E-state index contributed by atoms with van der Waals surface area (Å²) in [6.07, 6.45) is 0. The zero-order valence-corrected chi connectivity index (χ0v) is 9.47. The zero-order valence-electron chi connectivity index (χ0n) is 9.47. The van der Waals surface area contributed by atoms with Gasteiger partial charge in [-0.1, -0.05) is 18.2 Å². The van der Waals surface area contributed by atoms with Gasteiger partial charge in [-0.3, -0.25) is 0 Å². The maximum absolute atomic E-state index is 5.66. The first-order valence-electron chi connectivity index (χ1n) is 5.15. The molecule has 0 unspecified atom stereocenters. The van der Waals surface area contributed by atoms with E-state index in [9.17, 15) is 0 Å². The number of rotatable bonds is 3. The van der Waals surface area contributed by atoms with E-state index in [1.165, 1.54) is 0 Å². The zero-order chi connectivity index (χ0) is 11.5. The molecule has 2 N–H and O–H groups in total. The fraction of sp³-hybridized carbons (Fsp3) is 0.250. The number of aromatic nitrogens is 2. The second-order valence-electron chi connectivity index (χ2n) is 3.75. The summed E-state index contributed by atoms with van der Waals surface area (Å²) in [5.41, 5.74) is 7.69. The highest BCUT2D eigenvalue weighted by Crippen LogP contribution is 2.17. The van der Waals surface area contributed by atoms with Crippen LogP contribution in [0.2, 0.25) is 0 Å². The molecule has 4 heteroatoms. The van der Waals surface area contributed by atoms with Crippen molar-refractivity contribution in [3.8, 4) is 5.75 Å². The molecule has 0 saturated carbocycles. The molecule has 1 aromatic heterocycles. The number of benzene rings is 1. The number of anilines is 1. The van der Waals surface area contributed by atoms with Gasteiger partial charge >= 0.3 is 0 Å². The van der Waals surface area contributed by atoms with Crippen LogP contribution in [0, 0.1) is 13.8 Å². The first-order chi connectivity index (χ1) is 7.66. The topological polar surface area (TPSA) is 53.1 Å². The molecule has 1 heterocycles. The molecule has 0 spiro atoms. The van der Waals surface area contributed by atoms with Crippen molar-refractivity contribution in [2.75, 3.05) is 5.73 Å². The van der Waals surface area contributed by atoms with Crippen LogP contribution in [0.5, 0.6) is 5.75 Å². The lowest BCUT2D eigenvalue weighted by molar-refractivity contribution is 0.217. The molecule has 0 aliphatic carbocycles. The van der Waals surface area contributed by atoms with Crippen LogP contribution in [0.4, 0.5) is 5.82 Å². The minimum atomic E-state index is 0.383. The summed E-state index contributed by atoms with van der Waals surface area (Å²) < 4.78 is 7.40. The molecule has 0 saturated heterocycles. The summed E-state index contributed by atoms with van der Waals surface area (Å²) >= 11 is 0. The molecule has 16 heavy (non-hydrogen) atoms. The van der Waals surface area contributed by atoms with Crippen molar-refractivity contribution in [2.24, 2.45) is 0 Å². The van der Waals surface area contributed by atoms with Gasteiger partial charge in [-0.05, 0) is 25.5 Å². The van der Waals surface area contributed by atoms with E-state index in [0.29, 0.717) is 12.5 Å². The number of nitrogens with two attached hydrogens (primary N) is 1. The van der Waals surface area contributed by atoms with Gasteiger partial charge in [0.15, 0.2) is 6.73 Å². The van der Waals surface area contributed by atoms with Gasteiger partial charge in [-0.15, -0.1) is 0 Å². The van der Waals surface area contributed by atoms with Crippen molar-refractivity contribution in [1.29, 1.82) is 0 Å². The fourth-order valence-corrected chi connectivity index (χ4v) is 1.52. The fourth-order valence-electron chi connectivity index (χ4n) is 1.52. The van der Waals surface area contributed by atoms with Crippen molar-refractivity contribution < 1.29 is 4.74 Å². The van der Waals surface area contributed by atoms with Gasteiger partial charge in [0.25, 0.3) is 0 Å². The predicted octanol–water partition coefficient (Wildman–Crippen LogP) is 2.12. The Morgan fingerprint density at radius 1 is 1.31 bits per heavy atom. The Balaban J connectivity index is 2.08. The van der Waals surface area contributed by atoms with E-state index in [1.54, 1.807) is 4.68 Å². The second kappa shape index (κ2) is 4.26. The maximum atomic E-state index is 5.66. The average molecular weight is 217 g/mol. The lowest BCUT2D eigenvalue weighted by Crippen LogP contribution is -2.09. The molecule has 0 radical (unpaired) electrons. The predicted molar refractivity (Wildman–Crippen MR) is 63.2 cm³/mol. The van der Waals surface area contributed by atoms with Crippen LogP contribution in [0.1, 0.15) is 11.3 Å². The van der Waals surface area contributed by atoms with E-state index in [1.807, 2.05) is 44.2 Å². The van der Waals surface area contributed by atoms with Crippen LogP contribution in [-0.4, -0.2) is 9.78 Å². The largest absolute Gasteiger partial charge is 0.471 e. The van der Waals surface area contributed by atoms with Gasteiger partial charge < -0.3 is 10.5 Å². The van der Waals surface area contributed by atoms with E-state index in [2.05, 4.69) is 5.10 Å². The number of para-hydroxylation sites is 1. The SMILES string of the molecule is Cc1ccccc1OCn1nc(N)cc1C. The molecule has 4 nitrogen and oxygen atoms in total. The monoisotopic (exact) mass is 217 g/mol. The molecule has 0 atom stereocenters. The van der Waals surface area contributed by atoms with Crippen LogP contribution < -0.4 is 10.5 Å². The molecular weight excluding hydrogens is 202 g/mol. The third-order valence-corrected chi connectivity index (χ3v) is 2.44. The Bertz CT molecular complexity index is 491. The summed E-state index contributed by atoms with van der Waals surface area (Å²) in [5.74, 6) is 1.39. The second-order valence-corrected chi connectivity index (χ2v) is 3.75. The van der Waals surface area contributed by atoms with E-state index >= 15 is 0 Å². The van der Waals surface area contributed by atoms with Crippen molar-refractivity contribution in [3.63, 3.8) is 0 Å². The van der Waals surface area contributed by atoms with Crippen LogP contribution in [0.3, 0.4) is 0 Å². The number of hydrogen-bond donors (Lipinski definition) is 1. The van der Waals surface area contributed by atoms with Gasteiger partial charge in [-0.2, -0.15) is 5.10 Å². The number of hydrogen-bond acceptors (Lipinski definition) is 3. The molecule has 0 bridgehead atoms. The van der Waals surface area contributed by atoms with E-state index in [0.717, 1.165) is 17.0 Å². The normalized spacial score (nSPS) is 10.4. The van der Waals surface area contributed by atoms with E-state index in [-0.39, 0.29) is 0 Å². The molecule has 1 aromatic carbocycles. The standard InChI is InChI=1S/C12H15N3O/c1-9-5-3-4-6-11(9)16-8-15-10(2)7-12(13)14-15/h3-7H,8H2,1-2H3,(H2,13,14). The van der Waals surface area contributed by atoms with Gasteiger partial charge in [0, 0.05) is 11.8 Å². The van der Waals surface area contributed by atoms with Crippen molar-refractivity contribution in [2.45, 2.75) is 20.6 Å². The molecule has 2 rings (SSSR count). The maximum Gasteiger partial charge on any atom is 0.181 e. The van der Waals surface area contributed by atoms with Gasteiger partial charge in [-0.25, -0.2) is 4.68 Å².